The maximum absolute atomic E-state index is 9.27. The Balaban J connectivity index is 1.99. The molecule has 0 bridgehead atoms. The number of aromatic amines is 1. The lowest BCUT2D eigenvalue weighted by Gasteiger charge is -2.25. The van der Waals surface area contributed by atoms with Crippen LogP contribution in [0.25, 0.3) is 22.0 Å². The lowest BCUT2D eigenvalue weighted by Crippen LogP contribution is -2.21. The molecular formula is C17H17Cl2N3O. The van der Waals surface area contributed by atoms with Crippen LogP contribution in [0.4, 0.5) is 0 Å². The van der Waals surface area contributed by atoms with Gasteiger partial charge in [0.2, 0.25) is 0 Å². The van der Waals surface area contributed by atoms with E-state index in [9.17, 15) is 5.11 Å². The molecule has 0 saturated heterocycles. The molecule has 120 valence electrons. The van der Waals surface area contributed by atoms with Gasteiger partial charge >= 0.3 is 0 Å². The first kappa shape index (κ1) is 15.1. The molecule has 0 spiro atoms. The van der Waals surface area contributed by atoms with Gasteiger partial charge in [-0.25, -0.2) is 0 Å². The van der Waals surface area contributed by atoms with E-state index < -0.39 is 0 Å². The highest BCUT2D eigenvalue weighted by Crippen LogP contribution is 2.43. The quantitative estimate of drug-likeness (QED) is 0.741. The normalized spacial score (nSPS) is 17.6. The number of H-pyrrole nitrogens is 1. The molecule has 3 heterocycles. The summed E-state index contributed by atoms with van der Waals surface area (Å²) in [5.41, 5.74) is 4.53. The van der Waals surface area contributed by atoms with Crippen LogP contribution in [0, 0.1) is 5.92 Å². The molecule has 2 N–H and O–H groups in total. The molecule has 1 aromatic carbocycles. The Morgan fingerprint density at radius 2 is 2.22 bits per heavy atom. The topological polar surface area (TPSA) is 53.8 Å². The first-order chi connectivity index (χ1) is 11.2. The fourth-order valence-electron chi connectivity index (χ4n) is 3.71. The monoisotopic (exact) mass is 349 g/mol. The molecule has 4 rings (SSSR count). The SMILES string of the molecule is OCC[C@H]1CCc2c(-c3cn[nH]c3)c3ccc(Cl)c(Cl)c3n2C1. The van der Waals surface area contributed by atoms with Crippen molar-refractivity contribution in [2.75, 3.05) is 6.61 Å². The highest BCUT2D eigenvalue weighted by molar-refractivity contribution is 6.45. The zero-order chi connectivity index (χ0) is 16.0. The van der Waals surface area contributed by atoms with E-state index in [2.05, 4.69) is 14.8 Å². The van der Waals surface area contributed by atoms with E-state index in [4.69, 9.17) is 23.2 Å². The van der Waals surface area contributed by atoms with Crippen molar-refractivity contribution in [3.63, 3.8) is 0 Å². The third-order valence-electron chi connectivity index (χ3n) is 4.78. The number of nitrogens with zero attached hydrogens (tertiary/aromatic N) is 2. The molecule has 2 aromatic heterocycles. The van der Waals surface area contributed by atoms with Crippen molar-refractivity contribution in [1.82, 2.24) is 14.8 Å². The van der Waals surface area contributed by atoms with Crippen LogP contribution in [-0.2, 0) is 13.0 Å². The molecule has 23 heavy (non-hydrogen) atoms. The number of nitrogens with one attached hydrogen (secondary N) is 1. The van der Waals surface area contributed by atoms with Crippen LogP contribution in [0.5, 0.6) is 0 Å². The Kier molecular flexibility index (Phi) is 3.84. The summed E-state index contributed by atoms with van der Waals surface area (Å²) in [6.07, 6.45) is 6.62. The van der Waals surface area contributed by atoms with Crippen molar-refractivity contribution >= 4 is 34.1 Å². The Bertz CT molecular complexity index is 855. The second-order valence-electron chi connectivity index (χ2n) is 6.09. The molecule has 0 radical (unpaired) electrons. The zero-order valence-corrected chi connectivity index (χ0v) is 14.0. The van der Waals surface area contributed by atoms with Gasteiger partial charge in [0.15, 0.2) is 0 Å². The summed E-state index contributed by atoms with van der Waals surface area (Å²) in [5.74, 6) is 0.468. The van der Waals surface area contributed by atoms with Gasteiger partial charge in [-0.3, -0.25) is 5.10 Å². The molecule has 0 aliphatic carbocycles. The zero-order valence-electron chi connectivity index (χ0n) is 12.5. The molecule has 0 amide bonds. The molecule has 1 aliphatic rings. The highest BCUT2D eigenvalue weighted by atomic mass is 35.5. The Hall–Kier alpha value is -1.49. The van der Waals surface area contributed by atoms with Crippen LogP contribution in [0.1, 0.15) is 18.5 Å². The van der Waals surface area contributed by atoms with Crippen LogP contribution >= 0.6 is 23.2 Å². The predicted octanol–water partition coefficient (Wildman–Crippen LogP) is 4.28. The van der Waals surface area contributed by atoms with Gasteiger partial charge in [0.1, 0.15) is 0 Å². The van der Waals surface area contributed by atoms with Crippen LogP contribution in [0.2, 0.25) is 10.0 Å². The molecule has 0 saturated carbocycles. The molecule has 1 aliphatic heterocycles. The number of aliphatic hydroxyl groups is 1. The van der Waals surface area contributed by atoms with Crippen LogP contribution in [0.15, 0.2) is 24.5 Å². The number of aromatic nitrogens is 3. The number of hydrogen-bond donors (Lipinski definition) is 2. The maximum Gasteiger partial charge on any atom is 0.0835 e. The number of fused-ring (bicyclic) bond motifs is 3. The van der Waals surface area contributed by atoms with Crippen molar-refractivity contribution in [2.45, 2.75) is 25.8 Å². The number of halogens is 2. The first-order valence-corrected chi connectivity index (χ1v) is 8.55. The lowest BCUT2D eigenvalue weighted by molar-refractivity contribution is 0.233. The minimum absolute atomic E-state index is 0.224. The Labute approximate surface area is 144 Å². The lowest BCUT2D eigenvalue weighted by atomic mass is 9.93. The summed E-state index contributed by atoms with van der Waals surface area (Å²) in [5, 5.41) is 18.5. The fraction of sp³-hybridized carbons (Fsp3) is 0.353. The summed E-state index contributed by atoms with van der Waals surface area (Å²) in [7, 11) is 0. The predicted molar refractivity (Wildman–Crippen MR) is 93.1 cm³/mol. The van der Waals surface area contributed by atoms with E-state index in [0.29, 0.717) is 16.0 Å². The third-order valence-corrected chi connectivity index (χ3v) is 5.57. The average Bonchev–Trinajstić information content (AvgIpc) is 3.16. The van der Waals surface area contributed by atoms with Gasteiger partial charge in [0.25, 0.3) is 0 Å². The summed E-state index contributed by atoms with van der Waals surface area (Å²) in [6, 6.07) is 3.89. The maximum atomic E-state index is 9.27. The van der Waals surface area contributed by atoms with Crippen molar-refractivity contribution in [3.05, 3.63) is 40.3 Å². The number of aliphatic hydroxyl groups excluding tert-OH is 1. The molecule has 4 nitrogen and oxygen atoms in total. The fourth-order valence-corrected chi connectivity index (χ4v) is 4.13. The largest absolute Gasteiger partial charge is 0.396 e. The van der Waals surface area contributed by atoms with Crippen molar-refractivity contribution in [1.29, 1.82) is 0 Å². The minimum Gasteiger partial charge on any atom is -0.396 e. The molecule has 1 atom stereocenters. The van der Waals surface area contributed by atoms with Gasteiger partial charge in [-0.2, -0.15) is 5.10 Å². The number of hydrogen-bond acceptors (Lipinski definition) is 2. The van der Waals surface area contributed by atoms with E-state index in [1.807, 2.05) is 24.5 Å². The van der Waals surface area contributed by atoms with Crippen molar-refractivity contribution < 1.29 is 5.11 Å². The molecule has 6 heteroatoms. The average molecular weight is 350 g/mol. The van der Waals surface area contributed by atoms with E-state index in [1.165, 1.54) is 11.3 Å². The van der Waals surface area contributed by atoms with Crippen molar-refractivity contribution in [2.24, 2.45) is 5.92 Å². The second-order valence-corrected chi connectivity index (χ2v) is 6.88. The van der Waals surface area contributed by atoms with Gasteiger partial charge in [0.05, 0.1) is 21.8 Å². The second kappa shape index (κ2) is 5.86. The molecule has 0 fully saturated rings. The van der Waals surface area contributed by atoms with Gasteiger partial charge in [0, 0.05) is 41.6 Å². The van der Waals surface area contributed by atoms with Gasteiger partial charge in [-0.05, 0) is 31.2 Å². The van der Waals surface area contributed by atoms with E-state index >= 15 is 0 Å². The summed E-state index contributed by atoms with van der Waals surface area (Å²) >= 11 is 12.8. The van der Waals surface area contributed by atoms with E-state index in [0.717, 1.165) is 42.3 Å². The summed E-state index contributed by atoms with van der Waals surface area (Å²) in [4.78, 5) is 0. The summed E-state index contributed by atoms with van der Waals surface area (Å²) in [6.45, 7) is 1.09. The highest BCUT2D eigenvalue weighted by Gasteiger charge is 2.27. The number of rotatable bonds is 3. The number of benzene rings is 1. The molecular weight excluding hydrogens is 333 g/mol. The van der Waals surface area contributed by atoms with Gasteiger partial charge in [-0.1, -0.05) is 29.3 Å². The Morgan fingerprint density at radius 3 is 2.96 bits per heavy atom. The Morgan fingerprint density at radius 1 is 1.35 bits per heavy atom. The van der Waals surface area contributed by atoms with Gasteiger partial charge in [-0.15, -0.1) is 0 Å². The van der Waals surface area contributed by atoms with Crippen LogP contribution in [-0.4, -0.2) is 26.5 Å². The minimum atomic E-state index is 0.224. The van der Waals surface area contributed by atoms with Gasteiger partial charge < -0.3 is 9.67 Å². The van der Waals surface area contributed by atoms with Crippen LogP contribution in [0.3, 0.4) is 0 Å². The standard InChI is InChI=1S/C17H17Cl2N3O/c18-13-3-2-12-15(11-7-20-21-8-11)14-4-1-10(5-6-23)9-22(14)17(12)16(13)19/h2-3,7-8,10,23H,1,4-6,9H2,(H,20,21)/t10-/m1/s1. The first-order valence-electron chi connectivity index (χ1n) is 7.79. The van der Waals surface area contributed by atoms with Crippen LogP contribution < -0.4 is 0 Å². The van der Waals surface area contributed by atoms with E-state index in [1.54, 1.807) is 0 Å². The van der Waals surface area contributed by atoms with E-state index in [-0.39, 0.29) is 6.61 Å². The van der Waals surface area contributed by atoms with Crippen molar-refractivity contribution in [3.8, 4) is 11.1 Å². The smallest absolute Gasteiger partial charge is 0.0835 e. The molecule has 3 aromatic rings. The third kappa shape index (κ3) is 2.36. The molecule has 0 unspecified atom stereocenters. The summed E-state index contributed by atoms with van der Waals surface area (Å²) < 4.78 is 2.29.